The fourth-order valence-electron chi connectivity index (χ4n) is 6.30. The molecule has 0 aromatic carbocycles. The normalized spacial score (nSPS) is 51.0. The Kier molecular flexibility index (Phi) is 3.01. The van der Waals surface area contributed by atoms with E-state index in [-0.39, 0.29) is 28.6 Å². The maximum absolute atomic E-state index is 12.4. The van der Waals surface area contributed by atoms with Gasteiger partial charge in [0.15, 0.2) is 5.78 Å². The molecule has 4 aliphatic carbocycles. The lowest BCUT2D eigenvalue weighted by atomic mass is 9.47. The third-order valence-corrected chi connectivity index (χ3v) is 7.69. The first-order valence-electron chi connectivity index (χ1n) is 8.81. The van der Waals surface area contributed by atoms with Gasteiger partial charge in [-0.3, -0.25) is 9.59 Å². The summed E-state index contributed by atoms with van der Waals surface area (Å²) < 4.78 is 0. The Hall–Kier alpha value is -0.960. The highest BCUT2D eigenvalue weighted by atomic mass is 16.3. The summed E-state index contributed by atoms with van der Waals surface area (Å²) in [6.45, 7) is 4.43. The topological polar surface area (TPSA) is 54.4 Å². The van der Waals surface area contributed by atoms with Crippen LogP contribution in [0.2, 0.25) is 0 Å². The second kappa shape index (κ2) is 4.53. The summed E-state index contributed by atoms with van der Waals surface area (Å²) in [5.74, 6) is 1.63. The molecule has 4 rings (SSSR count). The molecule has 3 nitrogen and oxygen atoms in total. The molecule has 120 valence electrons. The number of fused-ring (bicyclic) bond motifs is 5. The van der Waals surface area contributed by atoms with Crippen LogP contribution in [0.4, 0.5) is 0 Å². The van der Waals surface area contributed by atoms with E-state index in [1.807, 2.05) is 6.08 Å². The SMILES string of the molecule is C[C@]12CCC(=O)C=C1C[C@@H](O)[C@@H]1C2CC[C@]2(C)C(=O)CCC12. The molecule has 0 radical (unpaired) electrons. The molecule has 3 saturated carbocycles. The van der Waals surface area contributed by atoms with Crippen molar-refractivity contribution >= 4 is 11.6 Å². The van der Waals surface area contributed by atoms with Crippen molar-refractivity contribution in [3.63, 3.8) is 0 Å². The van der Waals surface area contributed by atoms with Crippen molar-refractivity contribution in [3.05, 3.63) is 11.6 Å². The summed E-state index contributed by atoms with van der Waals surface area (Å²) in [4.78, 5) is 24.2. The smallest absolute Gasteiger partial charge is 0.155 e. The van der Waals surface area contributed by atoms with Gasteiger partial charge in [-0.2, -0.15) is 0 Å². The first-order chi connectivity index (χ1) is 10.4. The molecule has 1 N–H and O–H groups in total. The van der Waals surface area contributed by atoms with Gasteiger partial charge in [-0.15, -0.1) is 0 Å². The van der Waals surface area contributed by atoms with E-state index in [9.17, 15) is 14.7 Å². The number of hydrogen-bond donors (Lipinski definition) is 1. The lowest BCUT2D eigenvalue weighted by Crippen LogP contribution is -2.55. The number of hydrogen-bond acceptors (Lipinski definition) is 3. The lowest BCUT2D eigenvalue weighted by molar-refractivity contribution is -0.139. The van der Waals surface area contributed by atoms with Crippen molar-refractivity contribution in [1.29, 1.82) is 0 Å². The quantitative estimate of drug-likeness (QED) is 0.748. The number of aliphatic hydroxyl groups excluding tert-OH is 1. The largest absolute Gasteiger partial charge is 0.392 e. The van der Waals surface area contributed by atoms with Gasteiger partial charge >= 0.3 is 0 Å². The zero-order valence-corrected chi connectivity index (χ0v) is 13.6. The molecule has 0 aromatic rings. The molecule has 4 aliphatic rings. The first kappa shape index (κ1) is 14.6. The maximum Gasteiger partial charge on any atom is 0.155 e. The van der Waals surface area contributed by atoms with E-state index >= 15 is 0 Å². The second-order valence-corrected chi connectivity index (χ2v) is 8.53. The van der Waals surface area contributed by atoms with Crippen molar-refractivity contribution in [2.24, 2.45) is 28.6 Å². The van der Waals surface area contributed by atoms with Crippen LogP contribution < -0.4 is 0 Å². The molecule has 22 heavy (non-hydrogen) atoms. The lowest BCUT2D eigenvalue weighted by Gasteiger charge is -2.58. The Bertz CT molecular complexity index is 577. The molecule has 0 bridgehead atoms. The number of ketones is 2. The molecular weight excluding hydrogens is 276 g/mol. The van der Waals surface area contributed by atoms with Crippen LogP contribution in [0.3, 0.4) is 0 Å². The van der Waals surface area contributed by atoms with Gasteiger partial charge in [0.2, 0.25) is 0 Å². The van der Waals surface area contributed by atoms with E-state index in [1.54, 1.807) is 0 Å². The maximum atomic E-state index is 12.4. The van der Waals surface area contributed by atoms with Crippen LogP contribution in [0.5, 0.6) is 0 Å². The number of carbonyl (C=O) groups is 2. The van der Waals surface area contributed by atoms with Crippen molar-refractivity contribution in [2.75, 3.05) is 0 Å². The third-order valence-electron chi connectivity index (χ3n) is 7.69. The van der Waals surface area contributed by atoms with Crippen LogP contribution in [0.25, 0.3) is 0 Å². The van der Waals surface area contributed by atoms with Crippen molar-refractivity contribution < 1.29 is 14.7 Å². The Balaban J connectivity index is 1.75. The van der Waals surface area contributed by atoms with E-state index in [0.717, 1.165) is 25.7 Å². The summed E-state index contributed by atoms with van der Waals surface area (Å²) >= 11 is 0. The van der Waals surface area contributed by atoms with Crippen LogP contribution in [0.1, 0.15) is 58.8 Å². The van der Waals surface area contributed by atoms with Crippen LogP contribution in [-0.2, 0) is 9.59 Å². The van der Waals surface area contributed by atoms with Gasteiger partial charge in [-0.25, -0.2) is 0 Å². The summed E-state index contributed by atoms with van der Waals surface area (Å²) in [6.07, 6.45) is 7.23. The van der Waals surface area contributed by atoms with Gasteiger partial charge in [0.25, 0.3) is 0 Å². The van der Waals surface area contributed by atoms with E-state index in [2.05, 4.69) is 13.8 Å². The molecule has 0 spiro atoms. The number of carbonyl (C=O) groups excluding carboxylic acids is 2. The van der Waals surface area contributed by atoms with E-state index < -0.39 is 0 Å². The molecule has 0 amide bonds. The predicted molar refractivity (Wildman–Crippen MR) is 83.1 cm³/mol. The fraction of sp³-hybridized carbons (Fsp3) is 0.789. The second-order valence-electron chi connectivity index (χ2n) is 8.53. The summed E-state index contributed by atoms with van der Waals surface area (Å²) in [6, 6.07) is 0. The average molecular weight is 302 g/mol. The first-order valence-corrected chi connectivity index (χ1v) is 8.81. The summed E-state index contributed by atoms with van der Waals surface area (Å²) in [5.41, 5.74) is 1.03. The monoisotopic (exact) mass is 302 g/mol. The van der Waals surface area contributed by atoms with Gasteiger partial charge in [0.05, 0.1) is 6.10 Å². The third kappa shape index (κ3) is 1.72. The van der Waals surface area contributed by atoms with Gasteiger partial charge in [0, 0.05) is 18.3 Å². The highest BCUT2D eigenvalue weighted by Crippen LogP contribution is 2.64. The molecule has 0 aliphatic heterocycles. The van der Waals surface area contributed by atoms with Gasteiger partial charge in [-0.05, 0) is 61.3 Å². The Morgan fingerprint density at radius 1 is 1.05 bits per heavy atom. The van der Waals surface area contributed by atoms with Gasteiger partial charge < -0.3 is 5.11 Å². The van der Waals surface area contributed by atoms with Crippen LogP contribution >= 0.6 is 0 Å². The molecule has 0 saturated heterocycles. The van der Waals surface area contributed by atoms with Crippen LogP contribution in [-0.4, -0.2) is 22.8 Å². The highest BCUT2D eigenvalue weighted by Gasteiger charge is 2.61. The molecule has 6 atom stereocenters. The van der Waals surface area contributed by atoms with Gasteiger partial charge in [-0.1, -0.05) is 19.4 Å². The zero-order chi connectivity index (χ0) is 15.7. The average Bonchev–Trinajstić information content (AvgIpc) is 2.77. The number of rotatable bonds is 0. The van der Waals surface area contributed by atoms with Crippen molar-refractivity contribution in [2.45, 2.75) is 64.9 Å². The molecular formula is C19H26O3. The molecule has 2 unspecified atom stereocenters. The minimum atomic E-state index is -0.384. The van der Waals surface area contributed by atoms with Gasteiger partial charge in [0.1, 0.15) is 5.78 Å². The molecule has 3 heteroatoms. The minimum Gasteiger partial charge on any atom is -0.392 e. The standard InChI is InChI=1S/C19H26O3/c1-18-7-5-12(20)9-11(18)10-15(21)17-13-3-4-16(22)19(13,2)8-6-14(17)18/h9,13-15,17,21H,3-8,10H2,1-2H3/t13?,14?,15-,17+,18+,19+/m1/s1. The summed E-state index contributed by atoms with van der Waals surface area (Å²) in [7, 11) is 0. The van der Waals surface area contributed by atoms with Crippen molar-refractivity contribution in [3.8, 4) is 0 Å². The predicted octanol–water partition coefficient (Wildman–Crippen LogP) is 3.06. The molecule has 0 aromatic heterocycles. The van der Waals surface area contributed by atoms with Crippen molar-refractivity contribution in [1.82, 2.24) is 0 Å². The van der Waals surface area contributed by atoms with Crippen LogP contribution in [0, 0.1) is 28.6 Å². The fourth-order valence-corrected chi connectivity index (χ4v) is 6.30. The van der Waals surface area contributed by atoms with E-state index in [4.69, 9.17) is 0 Å². The summed E-state index contributed by atoms with van der Waals surface area (Å²) in [5, 5.41) is 10.8. The zero-order valence-electron chi connectivity index (χ0n) is 13.6. The van der Waals surface area contributed by atoms with E-state index in [1.165, 1.54) is 5.57 Å². The molecule has 3 fully saturated rings. The van der Waals surface area contributed by atoms with E-state index in [0.29, 0.717) is 36.9 Å². The highest BCUT2D eigenvalue weighted by molar-refractivity contribution is 5.91. The minimum absolute atomic E-state index is 0.0603. The number of aliphatic hydroxyl groups is 1. The molecule has 0 heterocycles. The number of Topliss-reactive ketones (excluding diaryl/α,β-unsaturated/α-hetero) is 1. The Morgan fingerprint density at radius 2 is 1.77 bits per heavy atom. The Labute approximate surface area is 132 Å². The Morgan fingerprint density at radius 3 is 2.55 bits per heavy atom. The van der Waals surface area contributed by atoms with Crippen LogP contribution in [0.15, 0.2) is 11.6 Å².